The maximum Gasteiger partial charge on any atom is 0.291 e. The van der Waals surface area contributed by atoms with Crippen LogP contribution < -0.4 is 0 Å². The third-order valence-corrected chi connectivity index (χ3v) is 1.94. The van der Waals surface area contributed by atoms with Crippen molar-refractivity contribution in [1.29, 1.82) is 0 Å². The number of nitro groups is 1. The molecule has 0 spiro atoms. The number of aromatic hydroxyl groups is 1. The normalized spacial score (nSPS) is 9.86. The largest absolute Gasteiger partial charge is 0.507 e. The first-order chi connectivity index (χ1) is 6.43. The Hall–Kier alpha value is -1.62. The molecule has 0 amide bonds. The van der Waals surface area contributed by atoms with E-state index in [0.29, 0.717) is 0 Å². The predicted molar refractivity (Wildman–Crippen MR) is 49.8 cm³/mol. The number of nitro benzene ring substituents is 1. The highest BCUT2D eigenvalue weighted by Gasteiger charge is 2.18. The second-order valence-corrected chi connectivity index (χ2v) is 3.04. The summed E-state index contributed by atoms with van der Waals surface area (Å²) in [7, 11) is 0. The number of carbonyl (C=O) groups is 1. The molecule has 0 saturated heterocycles. The highest BCUT2D eigenvalue weighted by molar-refractivity contribution is 6.33. The lowest BCUT2D eigenvalue weighted by Gasteiger charge is -2.01. The van der Waals surface area contributed by atoms with Gasteiger partial charge in [-0.1, -0.05) is 11.6 Å². The highest BCUT2D eigenvalue weighted by atomic mass is 35.5. The smallest absolute Gasteiger partial charge is 0.291 e. The van der Waals surface area contributed by atoms with Crippen LogP contribution in [0.3, 0.4) is 0 Å². The summed E-state index contributed by atoms with van der Waals surface area (Å²) in [4.78, 5) is 20.6. The predicted octanol–water partition coefficient (Wildman–Crippen LogP) is 2.16. The average molecular weight is 216 g/mol. The molecule has 1 aromatic rings. The number of hydrogen-bond donors (Lipinski definition) is 1. The van der Waals surface area contributed by atoms with Crippen LogP contribution in [-0.2, 0) is 0 Å². The molecular weight excluding hydrogens is 210 g/mol. The van der Waals surface area contributed by atoms with E-state index in [4.69, 9.17) is 11.6 Å². The van der Waals surface area contributed by atoms with Gasteiger partial charge in [-0.15, -0.1) is 0 Å². The van der Waals surface area contributed by atoms with Gasteiger partial charge < -0.3 is 5.11 Å². The topological polar surface area (TPSA) is 80.4 Å². The molecule has 0 fully saturated rings. The minimum atomic E-state index is -0.730. The quantitative estimate of drug-likeness (QED) is 0.466. The van der Waals surface area contributed by atoms with Gasteiger partial charge >= 0.3 is 0 Å². The van der Waals surface area contributed by atoms with Crippen molar-refractivity contribution in [3.05, 3.63) is 32.8 Å². The van der Waals surface area contributed by atoms with Gasteiger partial charge in [0, 0.05) is 0 Å². The monoisotopic (exact) mass is 215 g/mol. The molecule has 1 aromatic carbocycles. The molecule has 0 aliphatic rings. The van der Waals surface area contributed by atoms with Crippen LogP contribution in [0.1, 0.15) is 17.3 Å². The van der Waals surface area contributed by atoms with Gasteiger partial charge in [-0.2, -0.15) is 0 Å². The molecule has 0 aliphatic heterocycles. The lowest BCUT2D eigenvalue weighted by Crippen LogP contribution is -1.96. The fourth-order valence-electron chi connectivity index (χ4n) is 0.973. The number of phenols is 1. The Labute approximate surface area is 84.1 Å². The summed E-state index contributed by atoms with van der Waals surface area (Å²) in [6, 6.07) is 1.94. The van der Waals surface area contributed by atoms with Crippen molar-refractivity contribution < 1.29 is 14.8 Å². The molecule has 0 radical (unpaired) electrons. The van der Waals surface area contributed by atoms with Crippen LogP contribution in [0.4, 0.5) is 5.69 Å². The first-order valence-corrected chi connectivity index (χ1v) is 3.99. The Bertz CT molecular complexity index is 376. The minimum absolute atomic E-state index is 0.0272. The molecule has 0 saturated carbocycles. The van der Waals surface area contributed by atoms with E-state index in [9.17, 15) is 20.0 Å². The number of benzene rings is 1. The van der Waals surface area contributed by atoms with Gasteiger partial charge in [-0.3, -0.25) is 14.9 Å². The van der Waals surface area contributed by atoms with Crippen LogP contribution >= 0.6 is 11.6 Å². The van der Waals surface area contributed by atoms with Crippen LogP contribution in [0.2, 0.25) is 5.02 Å². The Morgan fingerprint density at radius 2 is 2.14 bits per heavy atom. The highest BCUT2D eigenvalue weighted by Crippen LogP contribution is 2.31. The second-order valence-electron chi connectivity index (χ2n) is 2.63. The summed E-state index contributed by atoms with van der Waals surface area (Å²) in [6.45, 7) is 1.23. The Kier molecular flexibility index (Phi) is 2.71. The zero-order chi connectivity index (χ0) is 10.9. The van der Waals surface area contributed by atoms with Crippen molar-refractivity contribution in [2.45, 2.75) is 6.92 Å². The van der Waals surface area contributed by atoms with Gasteiger partial charge in [0.25, 0.3) is 5.69 Å². The molecule has 1 rings (SSSR count). The van der Waals surface area contributed by atoms with Crippen molar-refractivity contribution in [3.63, 3.8) is 0 Å². The molecule has 0 atom stereocenters. The minimum Gasteiger partial charge on any atom is -0.507 e. The molecule has 0 aliphatic carbocycles. The fraction of sp³-hybridized carbons (Fsp3) is 0.125. The van der Waals surface area contributed by atoms with Gasteiger partial charge in [0.1, 0.15) is 10.8 Å². The van der Waals surface area contributed by atoms with Crippen LogP contribution in [0.15, 0.2) is 12.1 Å². The maximum atomic E-state index is 10.9. The number of hydrogen-bond acceptors (Lipinski definition) is 4. The van der Waals surface area contributed by atoms with E-state index in [1.165, 1.54) is 6.92 Å². The van der Waals surface area contributed by atoms with E-state index >= 15 is 0 Å². The maximum absolute atomic E-state index is 10.9. The van der Waals surface area contributed by atoms with E-state index in [1.54, 1.807) is 0 Å². The lowest BCUT2D eigenvalue weighted by atomic mass is 10.1. The van der Waals surface area contributed by atoms with Crippen molar-refractivity contribution in [3.8, 4) is 5.75 Å². The molecule has 0 bridgehead atoms. The van der Waals surface area contributed by atoms with Gasteiger partial charge in [0.2, 0.25) is 0 Å². The summed E-state index contributed by atoms with van der Waals surface area (Å²) < 4.78 is 0. The number of Topliss-reactive ketones (excluding diaryl/α,β-unsaturated/α-hetero) is 1. The zero-order valence-electron chi connectivity index (χ0n) is 7.15. The number of ketones is 1. The standard InChI is InChI=1S/C8H6ClNO4/c1-4(11)5-2-6(9)7(10(13)14)3-8(5)12/h2-3,12H,1H3. The van der Waals surface area contributed by atoms with Crippen LogP contribution in [0.5, 0.6) is 5.75 Å². The van der Waals surface area contributed by atoms with Crippen LogP contribution in [0, 0.1) is 10.1 Å². The van der Waals surface area contributed by atoms with Gasteiger partial charge in [0.15, 0.2) is 5.78 Å². The number of rotatable bonds is 2. The first kappa shape index (κ1) is 10.5. The third kappa shape index (κ3) is 1.82. The third-order valence-electron chi connectivity index (χ3n) is 1.64. The molecule has 1 N–H and O–H groups in total. The molecule has 6 heteroatoms. The Morgan fingerprint density at radius 3 is 2.57 bits per heavy atom. The molecule has 5 nitrogen and oxygen atoms in total. The van der Waals surface area contributed by atoms with Gasteiger partial charge in [0.05, 0.1) is 16.6 Å². The van der Waals surface area contributed by atoms with Crippen molar-refractivity contribution in [2.75, 3.05) is 0 Å². The van der Waals surface area contributed by atoms with E-state index < -0.39 is 22.1 Å². The van der Waals surface area contributed by atoms with E-state index in [-0.39, 0.29) is 10.6 Å². The summed E-state index contributed by atoms with van der Waals surface area (Å²) in [5.41, 5.74) is -0.449. The zero-order valence-corrected chi connectivity index (χ0v) is 7.91. The summed E-state index contributed by atoms with van der Waals surface area (Å²) in [5, 5.41) is 19.5. The van der Waals surface area contributed by atoms with Crippen molar-refractivity contribution >= 4 is 23.1 Å². The lowest BCUT2D eigenvalue weighted by molar-refractivity contribution is -0.384. The molecule has 0 heterocycles. The van der Waals surface area contributed by atoms with E-state index in [0.717, 1.165) is 12.1 Å². The molecule has 14 heavy (non-hydrogen) atoms. The van der Waals surface area contributed by atoms with Gasteiger partial charge in [-0.25, -0.2) is 0 Å². The van der Waals surface area contributed by atoms with E-state index in [1.807, 2.05) is 0 Å². The first-order valence-electron chi connectivity index (χ1n) is 3.61. The number of halogens is 1. The number of carbonyl (C=O) groups excluding carboxylic acids is 1. The molecule has 0 unspecified atom stereocenters. The van der Waals surface area contributed by atoms with Gasteiger partial charge in [-0.05, 0) is 13.0 Å². The summed E-state index contributed by atoms with van der Waals surface area (Å²) in [5.74, 6) is -0.840. The van der Waals surface area contributed by atoms with Crippen LogP contribution in [-0.4, -0.2) is 15.8 Å². The fourth-order valence-corrected chi connectivity index (χ4v) is 1.21. The van der Waals surface area contributed by atoms with Crippen LogP contribution in [0.25, 0.3) is 0 Å². The van der Waals surface area contributed by atoms with Crippen molar-refractivity contribution in [1.82, 2.24) is 0 Å². The van der Waals surface area contributed by atoms with Crippen molar-refractivity contribution in [2.24, 2.45) is 0 Å². The molecular formula is C8H6ClNO4. The Morgan fingerprint density at radius 1 is 1.57 bits per heavy atom. The SMILES string of the molecule is CC(=O)c1cc(Cl)c([N+](=O)[O-])cc1O. The summed E-state index contributed by atoms with van der Waals surface area (Å²) in [6.07, 6.45) is 0. The molecule has 0 aromatic heterocycles. The van der Waals surface area contributed by atoms with E-state index in [2.05, 4.69) is 0 Å². The summed E-state index contributed by atoms with van der Waals surface area (Å²) >= 11 is 5.54. The number of phenolic OH excluding ortho intramolecular Hbond substituents is 1. The number of nitrogens with zero attached hydrogens (tertiary/aromatic N) is 1. The Balaban J connectivity index is 3.38. The average Bonchev–Trinajstić information content (AvgIpc) is 2.07. The molecule has 74 valence electrons. The second kappa shape index (κ2) is 3.63.